The molecule has 0 aromatic rings. The van der Waals surface area contributed by atoms with Crippen LogP contribution in [-0.4, -0.2) is 17.7 Å². The molecule has 2 nitrogen and oxygen atoms in total. The Labute approximate surface area is 60.5 Å². The van der Waals surface area contributed by atoms with Crippen LogP contribution in [0.5, 0.6) is 0 Å². The average molecular weight is 197 g/mol. The molecule has 0 aromatic heterocycles. The number of hydrogen-bond acceptors (Lipinski definition) is 2. The largest absolute Gasteiger partial charge is 0.469 e. The van der Waals surface area contributed by atoms with E-state index in [4.69, 9.17) is 0 Å². The van der Waals surface area contributed by atoms with E-state index in [9.17, 15) is 9.18 Å². The highest BCUT2D eigenvalue weighted by atomic mass is 79.9. The molecule has 1 fully saturated rings. The van der Waals surface area contributed by atoms with Gasteiger partial charge in [-0.3, -0.25) is 4.79 Å². The summed E-state index contributed by atoms with van der Waals surface area (Å²) < 4.78 is 15.3. The van der Waals surface area contributed by atoms with Gasteiger partial charge in [-0.2, -0.15) is 0 Å². The molecule has 52 valence electrons. The minimum Gasteiger partial charge on any atom is -0.469 e. The number of halogens is 2. The van der Waals surface area contributed by atoms with Crippen molar-refractivity contribution in [2.24, 2.45) is 5.92 Å². The fourth-order valence-electron chi connectivity index (χ4n) is 0.611. The Morgan fingerprint density at radius 3 is 2.56 bits per heavy atom. The van der Waals surface area contributed by atoms with Crippen LogP contribution in [0.3, 0.4) is 0 Å². The fourth-order valence-corrected chi connectivity index (χ4v) is 1.12. The summed E-state index contributed by atoms with van der Waals surface area (Å²) >= 11 is 2.73. The Morgan fingerprint density at radius 1 is 2.00 bits per heavy atom. The smallest absolute Gasteiger partial charge is 0.312 e. The maximum Gasteiger partial charge on any atom is 0.312 e. The highest BCUT2D eigenvalue weighted by molar-refractivity contribution is 9.10. The van der Waals surface area contributed by atoms with Crippen molar-refractivity contribution in [1.82, 2.24) is 0 Å². The van der Waals surface area contributed by atoms with Crippen LogP contribution in [0.4, 0.5) is 4.39 Å². The first-order valence-corrected chi connectivity index (χ1v) is 3.33. The van der Waals surface area contributed by atoms with Crippen molar-refractivity contribution in [1.29, 1.82) is 0 Å². The van der Waals surface area contributed by atoms with Crippen LogP contribution in [0, 0.1) is 5.92 Å². The summed E-state index contributed by atoms with van der Waals surface area (Å²) in [7, 11) is 1.25. The SMILES string of the molecule is COC(=O)C1CC1(F)Br. The average Bonchev–Trinajstić information content (AvgIpc) is 2.38. The van der Waals surface area contributed by atoms with E-state index >= 15 is 0 Å². The second kappa shape index (κ2) is 1.94. The molecular weight excluding hydrogens is 191 g/mol. The minimum atomic E-state index is -1.47. The van der Waals surface area contributed by atoms with Gasteiger partial charge in [0, 0.05) is 6.42 Å². The van der Waals surface area contributed by atoms with Crippen LogP contribution >= 0.6 is 15.9 Å². The number of alkyl halides is 2. The molecule has 9 heavy (non-hydrogen) atoms. The maximum absolute atomic E-state index is 12.5. The molecule has 2 atom stereocenters. The molecule has 4 heteroatoms. The van der Waals surface area contributed by atoms with Crippen LogP contribution in [0.25, 0.3) is 0 Å². The van der Waals surface area contributed by atoms with E-state index in [-0.39, 0.29) is 6.42 Å². The Bertz CT molecular complexity index is 146. The van der Waals surface area contributed by atoms with Crippen LogP contribution in [0.2, 0.25) is 0 Å². The van der Waals surface area contributed by atoms with Gasteiger partial charge in [-0.05, 0) is 15.9 Å². The molecule has 0 saturated heterocycles. The number of hydrogen-bond donors (Lipinski definition) is 0. The maximum atomic E-state index is 12.5. The van der Waals surface area contributed by atoms with Gasteiger partial charge in [-0.25, -0.2) is 4.39 Å². The monoisotopic (exact) mass is 196 g/mol. The molecule has 0 spiro atoms. The minimum absolute atomic E-state index is 0.236. The zero-order valence-electron chi connectivity index (χ0n) is 4.86. The van der Waals surface area contributed by atoms with Crippen LogP contribution in [0.1, 0.15) is 6.42 Å². The lowest BCUT2D eigenvalue weighted by molar-refractivity contribution is -0.142. The Balaban J connectivity index is 2.42. The molecule has 0 heterocycles. The second-order valence-electron chi connectivity index (χ2n) is 2.04. The number of rotatable bonds is 1. The third-order valence-electron chi connectivity index (χ3n) is 1.31. The van der Waals surface area contributed by atoms with Crippen LogP contribution in [0.15, 0.2) is 0 Å². The van der Waals surface area contributed by atoms with Gasteiger partial charge in [-0.1, -0.05) is 0 Å². The summed E-state index contributed by atoms with van der Waals surface area (Å²) in [6, 6.07) is 0. The molecule has 1 aliphatic rings. The van der Waals surface area contributed by atoms with Crippen molar-refractivity contribution < 1.29 is 13.9 Å². The van der Waals surface area contributed by atoms with E-state index < -0.39 is 16.5 Å². The van der Waals surface area contributed by atoms with Gasteiger partial charge in [0.1, 0.15) is 5.92 Å². The molecular formula is C5H6BrFO2. The third-order valence-corrected chi connectivity index (χ3v) is 2.19. The quantitative estimate of drug-likeness (QED) is 0.466. The summed E-state index contributed by atoms with van der Waals surface area (Å²) in [6.07, 6.45) is 0.236. The molecule has 0 amide bonds. The van der Waals surface area contributed by atoms with Gasteiger partial charge in [0.2, 0.25) is 0 Å². The standard InChI is InChI=1S/C5H6BrFO2/c1-9-4(8)3-2-5(3,6)7/h3H,2H2,1H3. The molecule has 1 aliphatic carbocycles. The van der Waals surface area contributed by atoms with E-state index in [1.165, 1.54) is 7.11 Å². The van der Waals surface area contributed by atoms with Gasteiger partial charge in [0.05, 0.1) is 7.11 Å². The van der Waals surface area contributed by atoms with Crippen molar-refractivity contribution in [2.75, 3.05) is 7.11 Å². The number of carbonyl (C=O) groups excluding carboxylic acids is 1. The Hall–Kier alpha value is -0.120. The number of ether oxygens (including phenoxy) is 1. The van der Waals surface area contributed by atoms with Crippen molar-refractivity contribution in [3.8, 4) is 0 Å². The lowest BCUT2D eigenvalue weighted by Crippen LogP contribution is -2.07. The third kappa shape index (κ3) is 1.23. The van der Waals surface area contributed by atoms with Crippen molar-refractivity contribution in [3.63, 3.8) is 0 Å². The molecule has 0 N–H and O–H groups in total. The molecule has 0 aliphatic heterocycles. The Kier molecular flexibility index (Phi) is 1.50. The predicted octanol–water partition coefficient (Wildman–Crippen LogP) is 1.24. The van der Waals surface area contributed by atoms with Crippen LogP contribution in [-0.2, 0) is 9.53 Å². The molecule has 0 radical (unpaired) electrons. The molecule has 1 saturated carbocycles. The van der Waals surface area contributed by atoms with E-state index in [0.717, 1.165) is 0 Å². The number of esters is 1. The normalized spacial score (nSPS) is 40.1. The van der Waals surface area contributed by atoms with Crippen molar-refractivity contribution in [2.45, 2.75) is 11.0 Å². The predicted molar refractivity (Wildman–Crippen MR) is 32.9 cm³/mol. The summed E-state index contributed by atoms with van der Waals surface area (Å²) in [4.78, 5) is 10.5. The summed E-state index contributed by atoms with van der Waals surface area (Å²) in [5.74, 6) is -1.06. The summed E-state index contributed by atoms with van der Waals surface area (Å²) in [5, 5.41) is 0. The van der Waals surface area contributed by atoms with Gasteiger partial charge in [0.15, 0.2) is 4.58 Å². The van der Waals surface area contributed by atoms with Gasteiger partial charge < -0.3 is 4.74 Å². The van der Waals surface area contributed by atoms with Crippen molar-refractivity contribution in [3.05, 3.63) is 0 Å². The Morgan fingerprint density at radius 2 is 2.44 bits per heavy atom. The zero-order valence-corrected chi connectivity index (χ0v) is 6.44. The first kappa shape index (κ1) is 6.99. The van der Waals surface area contributed by atoms with E-state index in [0.29, 0.717) is 0 Å². The topological polar surface area (TPSA) is 26.3 Å². The second-order valence-corrected chi connectivity index (χ2v) is 3.36. The summed E-state index contributed by atoms with van der Waals surface area (Å²) in [5.41, 5.74) is 0. The van der Waals surface area contributed by atoms with Gasteiger partial charge in [0.25, 0.3) is 0 Å². The van der Waals surface area contributed by atoms with Crippen molar-refractivity contribution >= 4 is 21.9 Å². The number of methoxy groups -OCH3 is 1. The highest BCUT2D eigenvalue weighted by Gasteiger charge is 2.59. The molecule has 1 rings (SSSR count). The number of carbonyl (C=O) groups is 1. The molecule has 0 bridgehead atoms. The van der Waals surface area contributed by atoms with E-state index in [2.05, 4.69) is 20.7 Å². The zero-order chi connectivity index (χ0) is 7.07. The summed E-state index contributed by atoms with van der Waals surface area (Å²) in [6.45, 7) is 0. The van der Waals surface area contributed by atoms with E-state index in [1.54, 1.807) is 0 Å². The molecule has 0 aromatic carbocycles. The van der Waals surface area contributed by atoms with Gasteiger partial charge in [-0.15, -0.1) is 0 Å². The van der Waals surface area contributed by atoms with E-state index in [1.807, 2.05) is 0 Å². The lowest BCUT2D eigenvalue weighted by Gasteiger charge is -1.94. The van der Waals surface area contributed by atoms with Crippen LogP contribution < -0.4 is 0 Å². The molecule has 2 unspecified atom stereocenters. The highest BCUT2D eigenvalue weighted by Crippen LogP contribution is 2.52. The first-order valence-electron chi connectivity index (χ1n) is 2.53. The fraction of sp³-hybridized carbons (Fsp3) is 0.800. The first-order chi connectivity index (χ1) is 4.08. The van der Waals surface area contributed by atoms with Gasteiger partial charge >= 0.3 is 5.97 Å². The lowest BCUT2D eigenvalue weighted by atomic mass is 10.4.